The highest BCUT2D eigenvalue weighted by atomic mass is 32.2. The van der Waals surface area contributed by atoms with Crippen molar-refractivity contribution in [1.29, 1.82) is 5.26 Å². The van der Waals surface area contributed by atoms with Crippen molar-refractivity contribution in [2.45, 2.75) is 11.7 Å². The van der Waals surface area contributed by atoms with E-state index in [0.717, 1.165) is 11.1 Å². The van der Waals surface area contributed by atoms with Gasteiger partial charge in [-0.3, -0.25) is 9.36 Å². The molecule has 0 radical (unpaired) electrons. The fraction of sp³-hybridized carbons (Fsp3) is 0.167. The molecule has 0 bridgehead atoms. The number of aryl methyl sites for hydroxylation is 1. The van der Waals surface area contributed by atoms with Crippen molar-refractivity contribution in [1.82, 2.24) is 14.1 Å². The van der Waals surface area contributed by atoms with Crippen LogP contribution < -0.4 is 5.56 Å². The molecule has 0 aliphatic carbocycles. The van der Waals surface area contributed by atoms with E-state index in [0.29, 0.717) is 22.7 Å². The first-order valence-corrected chi connectivity index (χ1v) is 8.42. The van der Waals surface area contributed by atoms with Gasteiger partial charge in [-0.05, 0) is 5.56 Å². The Morgan fingerprint density at radius 1 is 1.38 bits per heavy atom. The van der Waals surface area contributed by atoms with Gasteiger partial charge in [-0.1, -0.05) is 48.2 Å². The molecule has 0 saturated heterocycles. The van der Waals surface area contributed by atoms with E-state index in [2.05, 4.69) is 12.6 Å². The van der Waals surface area contributed by atoms with Crippen molar-refractivity contribution < 1.29 is 0 Å². The van der Waals surface area contributed by atoms with E-state index in [1.807, 2.05) is 48.1 Å². The number of hydrogen-bond acceptors (Lipinski definition) is 4. The first-order valence-electron chi connectivity index (χ1n) is 7.43. The van der Waals surface area contributed by atoms with Gasteiger partial charge in [0.05, 0.1) is 11.8 Å². The number of thioether (sulfide) groups is 1. The van der Waals surface area contributed by atoms with Gasteiger partial charge in [0.1, 0.15) is 11.0 Å². The third-order valence-corrected chi connectivity index (χ3v) is 4.55. The molecule has 0 aliphatic rings. The average Bonchev–Trinajstić information content (AvgIpc) is 2.93. The van der Waals surface area contributed by atoms with Crippen LogP contribution in [0.25, 0.3) is 22.2 Å². The molecule has 3 rings (SSSR count). The lowest BCUT2D eigenvalue weighted by atomic mass is 10.1. The number of allylic oxidation sites excluding steroid dienone is 1. The summed E-state index contributed by atoms with van der Waals surface area (Å²) in [5.74, 6) is 0.239. The third kappa shape index (κ3) is 2.74. The van der Waals surface area contributed by atoms with Crippen molar-refractivity contribution >= 4 is 22.8 Å². The molecule has 0 amide bonds. The van der Waals surface area contributed by atoms with E-state index in [9.17, 15) is 4.79 Å². The lowest BCUT2D eigenvalue weighted by Gasteiger charge is -2.09. The van der Waals surface area contributed by atoms with Crippen LogP contribution in [-0.2, 0) is 13.6 Å². The van der Waals surface area contributed by atoms with Crippen LogP contribution in [0.2, 0.25) is 0 Å². The molecule has 0 aliphatic heterocycles. The van der Waals surface area contributed by atoms with E-state index in [4.69, 9.17) is 10.2 Å². The number of rotatable bonds is 5. The number of nitrogens with zero attached hydrogens (tertiary/aromatic N) is 4. The van der Waals surface area contributed by atoms with Crippen LogP contribution in [0.3, 0.4) is 0 Å². The van der Waals surface area contributed by atoms with E-state index in [-0.39, 0.29) is 11.3 Å². The zero-order chi connectivity index (χ0) is 17.1. The summed E-state index contributed by atoms with van der Waals surface area (Å²) in [4.78, 5) is 17.6. The van der Waals surface area contributed by atoms with Gasteiger partial charge in [-0.25, -0.2) is 4.98 Å². The Labute approximate surface area is 143 Å². The molecular weight excluding hydrogens is 320 g/mol. The van der Waals surface area contributed by atoms with Gasteiger partial charge in [0, 0.05) is 25.4 Å². The topological polar surface area (TPSA) is 63.6 Å². The summed E-state index contributed by atoms with van der Waals surface area (Å²) in [5, 5.41) is 9.40. The molecule has 120 valence electrons. The molecule has 24 heavy (non-hydrogen) atoms. The van der Waals surface area contributed by atoms with E-state index < -0.39 is 0 Å². The van der Waals surface area contributed by atoms with Crippen LogP contribution in [0.1, 0.15) is 0 Å². The quantitative estimate of drug-likeness (QED) is 0.408. The van der Waals surface area contributed by atoms with Gasteiger partial charge >= 0.3 is 0 Å². The molecule has 5 nitrogen and oxygen atoms in total. The summed E-state index contributed by atoms with van der Waals surface area (Å²) in [5.41, 5.74) is 3.01. The standard InChI is InChI=1S/C18H16N4OS/c1-3-10-22-17(23)16-15(20-18(22)24-11-9-19)14(12-21(16)2)13-7-5-4-6-8-13/h3-8,12H,1,10-11H2,2H3. The van der Waals surface area contributed by atoms with Gasteiger partial charge in [-0.15, -0.1) is 6.58 Å². The molecule has 1 aromatic carbocycles. The number of benzene rings is 1. The van der Waals surface area contributed by atoms with Gasteiger partial charge in [0.15, 0.2) is 5.16 Å². The summed E-state index contributed by atoms with van der Waals surface area (Å²) < 4.78 is 3.37. The first kappa shape index (κ1) is 16.1. The van der Waals surface area contributed by atoms with Gasteiger partial charge in [0.25, 0.3) is 5.56 Å². The highest BCUT2D eigenvalue weighted by Gasteiger charge is 2.18. The largest absolute Gasteiger partial charge is 0.344 e. The van der Waals surface area contributed by atoms with E-state index in [1.165, 1.54) is 11.8 Å². The zero-order valence-corrected chi connectivity index (χ0v) is 14.1. The molecule has 2 aromatic heterocycles. The molecule has 6 heteroatoms. The molecule has 0 saturated carbocycles. The van der Waals surface area contributed by atoms with Crippen molar-refractivity contribution in [3.63, 3.8) is 0 Å². The second kappa shape index (κ2) is 6.77. The van der Waals surface area contributed by atoms with Gasteiger partial charge in [-0.2, -0.15) is 5.26 Å². The van der Waals surface area contributed by atoms with Crippen molar-refractivity contribution in [2.75, 3.05) is 5.75 Å². The van der Waals surface area contributed by atoms with Crippen LogP contribution in [0.15, 0.2) is 59.1 Å². The second-order valence-electron chi connectivity index (χ2n) is 5.26. The summed E-state index contributed by atoms with van der Waals surface area (Å²) in [6.07, 6.45) is 3.58. The smallest absolute Gasteiger partial charge is 0.279 e. The van der Waals surface area contributed by atoms with Crippen LogP contribution in [0.4, 0.5) is 0 Å². The second-order valence-corrected chi connectivity index (χ2v) is 6.21. The number of hydrogen-bond donors (Lipinski definition) is 0. The minimum absolute atomic E-state index is 0.120. The molecule has 3 aromatic rings. The average molecular weight is 336 g/mol. The van der Waals surface area contributed by atoms with E-state index >= 15 is 0 Å². The van der Waals surface area contributed by atoms with Crippen LogP contribution in [0, 0.1) is 11.3 Å². The maximum atomic E-state index is 12.9. The third-order valence-electron chi connectivity index (χ3n) is 3.70. The minimum Gasteiger partial charge on any atom is -0.344 e. The normalized spacial score (nSPS) is 10.7. The summed E-state index contributed by atoms with van der Waals surface area (Å²) in [6.45, 7) is 4.07. The summed E-state index contributed by atoms with van der Waals surface area (Å²) in [7, 11) is 1.85. The van der Waals surface area contributed by atoms with Crippen LogP contribution in [-0.4, -0.2) is 19.9 Å². The lowest BCUT2D eigenvalue weighted by Crippen LogP contribution is -2.24. The first-order chi connectivity index (χ1) is 11.7. The number of aromatic nitrogens is 3. The molecule has 0 spiro atoms. The van der Waals surface area contributed by atoms with Gasteiger partial charge in [0.2, 0.25) is 0 Å². The number of fused-ring (bicyclic) bond motifs is 1. The molecule has 0 fully saturated rings. The maximum Gasteiger partial charge on any atom is 0.279 e. The molecular formula is C18H16N4OS. The lowest BCUT2D eigenvalue weighted by molar-refractivity contribution is 0.667. The predicted octanol–water partition coefficient (Wildman–Crippen LogP) is 3.20. The van der Waals surface area contributed by atoms with E-state index in [1.54, 1.807) is 10.6 Å². The van der Waals surface area contributed by atoms with Crippen LogP contribution >= 0.6 is 11.8 Å². The molecule has 0 unspecified atom stereocenters. The van der Waals surface area contributed by atoms with Crippen molar-refractivity contribution in [3.8, 4) is 17.2 Å². The van der Waals surface area contributed by atoms with Crippen LogP contribution in [0.5, 0.6) is 0 Å². The Morgan fingerprint density at radius 2 is 2.12 bits per heavy atom. The Bertz CT molecular complexity index is 996. The highest BCUT2D eigenvalue weighted by Crippen LogP contribution is 2.28. The monoisotopic (exact) mass is 336 g/mol. The Morgan fingerprint density at radius 3 is 2.79 bits per heavy atom. The minimum atomic E-state index is -0.120. The Kier molecular flexibility index (Phi) is 4.54. The Hall–Kier alpha value is -2.78. The summed E-state index contributed by atoms with van der Waals surface area (Å²) in [6, 6.07) is 11.9. The van der Waals surface area contributed by atoms with Crippen molar-refractivity contribution in [3.05, 3.63) is 59.5 Å². The number of nitriles is 1. The highest BCUT2D eigenvalue weighted by molar-refractivity contribution is 7.99. The summed E-state index contributed by atoms with van der Waals surface area (Å²) >= 11 is 1.26. The Balaban J connectivity index is 2.32. The van der Waals surface area contributed by atoms with Gasteiger partial charge < -0.3 is 4.57 Å². The maximum absolute atomic E-state index is 12.9. The fourth-order valence-electron chi connectivity index (χ4n) is 2.68. The zero-order valence-electron chi connectivity index (χ0n) is 13.3. The molecule has 0 N–H and O–H groups in total. The molecule has 2 heterocycles. The predicted molar refractivity (Wildman–Crippen MR) is 96.9 cm³/mol. The molecule has 0 atom stereocenters. The van der Waals surface area contributed by atoms with Crippen molar-refractivity contribution in [2.24, 2.45) is 7.05 Å². The SMILES string of the molecule is C=CCn1c(SCC#N)nc2c(-c3ccccc3)cn(C)c2c1=O. The fourth-order valence-corrected chi connectivity index (χ4v) is 3.34.